The van der Waals surface area contributed by atoms with E-state index in [4.69, 9.17) is 0 Å². The van der Waals surface area contributed by atoms with Crippen LogP contribution in [0, 0.1) is 5.41 Å². The Kier molecular flexibility index (Phi) is 3.67. The van der Waals surface area contributed by atoms with Crippen LogP contribution in [-0.2, 0) is 6.42 Å². The fourth-order valence-corrected chi connectivity index (χ4v) is 2.66. The number of anilines is 1. The van der Waals surface area contributed by atoms with Crippen molar-refractivity contribution in [3.63, 3.8) is 0 Å². The van der Waals surface area contributed by atoms with Crippen molar-refractivity contribution in [2.45, 2.75) is 52.7 Å². The summed E-state index contributed by atoms with van der Waals surface area (Å²) in [6, 6.07) is 9.17. The van der Waals surface area contributed by atoms with E-state index in [1.54, 1.807) is 0 Å². The van der Waals surface area contributed by atoms with E-state index in [0.717, 1.165) is 19.4 Å². The first-order chi connectivity index (χ1) is 8.39. The molecule has 2 nitrogen and oxygen atoms in total. The van der Waals surface area contributed by atoms with Crippen LogP contribution in [0.25, 0.3) is 0 Å². The molecule has 0 radical (unpaired) electrons. The molecule has 2 unspecified atom stereocenters. The third kappa shape index (κ3) is 2.69. The molecule has 1 aliphatic heterocycles. The van der Waals surface area contributed by atoms with E-state index in [-0.39, 0.29) is 11.5 Å². The maximum absolute atomic E-state index is 10.2. The number of nitrogens with zero attached hydrogens (tertiary/aromatic N) is 1. The van der Waals surface area contributed by atoms with Crippen LogP contribution in [0.15, 0.2) is 24.3 Å². The molecule has 0 saturated heterocycles. The molecule has 0 bridgehead atoms. The summed E-state index contributed by atoms with van der Waals surface area (Å²) in [6.07, 6.45) is 1.72. The first-order valence-corrected chi connectivity index (χ1v) is 6.92. The Morgan fingerprint density at radius 3 is 2.67 bits per heavy atom. The highest BCUT2D eigenvalue weighted by Crippen LogP contribution is 2.32. The molecule has 0 spiro atoms. The van der Waals surface area contributed by atoms with E-state index in [1.807, 2.05) is 0 Å². The molecule has 0 amide bonds. The van der Waals surface area contributed by atoms with E-state index in [0.29, 0.717) is 6.04 Å². The maximum atomic E-state index is 10.2. The lowest BCUT2D eigenvalue weighted by Crippen LogP contribution is -2.35. The molecule has 2 atom stereocenters. The smallest absolute Gasteiger partial charge is 0.0605 e. The van der Waals surface area contributed by atoms with E-state index < -0.39 is 0 Å². The van der Waals surface area contributed by atoms with Gasteiger partial charge in [0.15, 0.2) is 0 Å². The Morgan fingerprint density at radius 1 is 1.33 bits per heavy atom. The molecule has 0 aromatic heterocycles. The SMILES string of the molecule is CC1Cc2ccccc2N1CCC(O)C(C)(C)C. The predicted molar refractivity (Wildman–Crippen MR) is 77.0 cm³/mol. The number of fused-ring (bicyclic) bond motifs is 1. The summed E-state index contributed by atoms with van der Waals surface area (Å²) in [5, 5.41) is 10.2. The van der Waals surface area contributed by atoms with Crippen molar-refractivity contribution >= 4 is 5.69 Å². The zero-order valence-electron chi connectivity index (χ0n) is 12.0. The minimum atomic E-state index is -0.238. The Balaban J connectivity index is 2.02. The van der Waals surface area contributed by atoms with Crippen molar-refractivity contribution in [2.24, 2.45) is 5.41 Å². The summed E-state index contributed by atoms with van der Waals surface area (Å²) in [6.45, 7) is 9.50. The number of rotatable bonds is 3. The van der Waals surface area contributed by atoms with Gasteiger partial charge in [-0.05, 0) is 36.8 Å². The van der Waals surface area contributed by atoms with Gasteiger partial charge in [-0.25, -0.2) is 0 Å². The van der Waals surface area contributed by atoms with Crippen LogP contribution in [-0.4, -0.2) is 23.8 Å². The standard InChI is InChI=1S/C16H25NO/c1-12-11-13-7-5-6-8-14(13)17(12)10-9-15(18)16(2,3)4/h5-8,12,15,18H,9-11H2,1-4H3. The highest BCUT2D eigenvalue weighted by molar-refractivity contribution is 5.59. The molecule has 1 heterocycles. The second kappa shape index (κ2) is 4.93. The van der Waals surface area contributed by atoms with Crippen molar-refractivity contribution in [1.29, 1.82) is 0 Å². The van der Waals surface area contributed by atoms with Gasteiger partial charge in [0.2, 0.25) is 0 Å². The lowest BCUT2D eigenvalue weighted by Gasteiger charge is -2.30. The molecule has 100 valence electrons. The van der Waals surface area contributed by atoms with E-state index >= 15 is 0 Å². The summed E-state index contributed by atoms with van der Waals surface area (Å²) in [5.74, 6) is 0. The average Bonchev–Trinajstić information content (AvgIpc) is 2.60. The molecule has 1 aromatic rings. The molecule has 18 heavy (non-hydrogen) atoms. The van der Waals surface area contributed by atoms with E-state index in [1.165, 1.54) is 11.3 Å². The van der Waals surface area contributed by atoms with Crippen molar-refractivity contribution < 1.29 is 5.11 Å². The summed E-state index contributed by atoms with van der Waals surface area (Å²) in [7, 11) is 0. The first kappa shape index (κ1) is 13.4. The van der Waals surface area contributed by atoms with Crippen LogP contribution in [0.3, 0.4) is 0 Å². The molecule has 1 aromatic carbocycles. The highest BCUT2D eigenvalue weighted by atomic mass is 16.3. The van der Waals surface area contributed by atoms with Crippen LogP contribution >= 0.6 is 0 Å². The van der Waals surface area contributed by atoms with Gasteiger partial charge in [-0.15, -0.1) is 0 Å². The third-order valence-electron chi connectivity index (χ3n) is 3.99. The fraction of sp³-hybridized carbons (Fsp3) is 0.625. The summed E-state index contributed by atoms with van der Waals surface area (Å²) in [4.78, 5) is 2.43. The van der Waals surface area contributed by atoms with Crippen LogP contribution in [0.2, 0.25) is 0 Å². The zero-order valence-corrected chi connectivity index (χ0v) is 12.0. The van der Waals surface area contributed by atoms with Crippen molar-refractivity contribution in [3.8, 4) is 0 Å². The lowest BCUT2D eigenvalue weighted by molar-refractivity contribution is 0.0571. The Hall–Kier alpha value is -1.02. The third-order valence-corrected chi connectivity index (χ3v) is 3.99. The van der Waals surface area contributed by atoms with Gasteiger partial charge < -0.3 is 10.0 Å². The summed E-state index contributed by atoms with van der Waals surface area (Å²) >= 11 is 0. The molecule has 0 aliphatic carbocycles. The van der Waals surface area contributed by atoms with Gasteiger partial charge in [-0.3, -0.25) is 0 Å². The first-order valence-electron chi connectivity index (χ1n) is 6.92. The Labute approximate surface area is 111 Å². The van der Waals surface area contributed by atoms with Gasteiger partial charge in [0, 0.05) is 18.3 Å². The maximum Gasteiger partial charge on any atom is 0.0605 e. The molecule has 1 aliphatic rings. The normalized spacial score (nSPS) is 20.9. The number of hydrogen-bond donors (Lipinski definition) is 1. The van der Waals surface area contributed by atoms with Crippen molar-refractivity contribution in [2.75, 3.05) is 11.4 Å². The van der Waals surface area contributed by atoms with Gasteiger partial charge in [-0.2, -0.15) is 0 Å². The largest absolute Gasteiger partial charge is 0.393 e. The summed E-state index contributed by atoms with van der Waals surface area (Å²) in [5.41, 5.74) is 2.77. The second-order valence-corrected chi connectivity index (χ2v) is 6.55. The molecular formula is C16H25NO. The van der Waals surface area contributed by atoms with Crippen LogP contribution in [0.4, 0.5) is 5.69 Å². The van der Waals surface area contributed by atoms with Crippen molar-refractivity contribution in [1.82, 2.24) is 0 Å². The lowest BCUT2D eigenvalue weighted by atomic mass is 9.87. The monoisotopic (exact) mass is 247 g/mol. The van der Waals surface area contributed by atoms with Gasteiger partial charge in [0.25, 0.3) is 0 Å². The second-order valence-electron chi connectivity index (χ2n) is 6.55. The van der Waals surface area contributed by atoms with Crippen LogP contribution in [0.1, 0.15) is 39.7 Å². The number of benzene rings is 1. The molecular weight excluding hydrogens is 222 g/mol. The van der Waals surface area contributed by atoms with Crippen molar-refractivity contribution in [3.05, 3.63) is 29.8 Å². The average molecular weight is 247 g/mol. The van der Waals surface area contributed by atoms with Gasteiger partial charge in [-0.1, -0.05) is 39.0 Å². The quantitative estimate of drug-likeness (QED) is 0.886. The fourth-order valence-electron chi connectivity index (χ4n) is 2.66. The predicted octanol–water partition coefficient (Wildman–Crippen LogP) is 3.23. The van der Waals surface area contributed by atoms with Gasteiger partial charge in [0.05, 0.1) is 6.10 Å². The Morgan fingerprint density at radius 2 is 2.00 bits per heavy atom. The molecule has 0 saturated carbocycles. The highest BCUT2D eigenvalue weighted by Gasteiger charge is 2.28. The molecule has 1 N–H and O–H groups in total. The number of aliphatic hydroxyl groups excluding tert-OH is 1. The zero-order chi connectivity index (χ0) is 13.3. The topological polar surface area (TPSA) is 23.5 Å². The van der Waals surface area contributed by atoms with Crippen LogP contribution < -0.4 is 4.90 Å². The summed E-state index contributed by atoms with van der Waals surface area (Å²) < 4.78 is 0. The molecule has 0 fully saturated rings. The molecule has 2 rings (SSSR count). The van der Waals surface area contributed by atoms with Gasteiger partial charge in [0.1, 0.15) is 0 Å². The number of para-hydroxylation sites is 1. The van der Waals surface area contributed by atoms with Crippen LogP contribution in [0.5, 0.6) is 0 Å². The minimum Gasteiger partial charge on any atom is -0.393 e. The minimum absolute atomic E-state index is 0.0253. The van der Waals surface area contributed by atoms with E-state index in [2.05, 4.69) is 56.9 Å². The van der Waals surface area contributed by atoms with E-state index in [9.17, 15) is 5.11 Å². The number of hydrogen-bond acceptors (Lipinski definition) is 2. The Bertz CT molecular complexity index is 408. The van der Waals surface area contributed by atoms with Gasteiger partial charge >= 0.3 is 0 Å². The number of aliphatic hydroxyl groups is 1. The molecule has 2 heteroatoms.